The van der Waals surface area contributed by atoms with E-state index >= 15 is 0 Å². The Morgan fingerprint density at radius 3 is 3.05 bits per heavy atom. The maximum atomic E-state index is 11.1. The molecule has 1 N–H and O–H groups in total. The maximum Gasteiger partial charge on any atom is 0.372 e. The highest BCUT2D eigenvalue weighted by molar-refractivity contribution is 7.15. The lowest BCUT2D eigenvalue weighted by molar-refractivity contribution is -0.389. The summed E-state index contributed by atoms with van der Waals surface area (Å²) in [6.45, 7) is 2.47. The zero-order valence-corrected chi connectivity index (χ0v) is 12.6. The van der Waals surface area contributed by atoms with Gasteiger partial charge in [0.1, 0.15) is 6.20 Å². The second-order valence-corrected chi connectivity index (χ2v) is 5.21. The van der Waals surface area contributed by atoms with Crippen LogP contribution in [0.15, 0.2) is 11.6 Å². The van der Waals surface area contributed by atoms with Crippen LogP contribution in [0.25, 0.3) is 4.96 Å². The van der Waals surface area contributed by atoms with E-state index in [1.54, 1.807) is 18.7 Å². The van der Waals surface area contributed by atoms with E-state index in [9.17, 15) is 10.1 Å². The molecule has 0 bridgehead atoms. The minimum atomic E-state index is -0.414. The molecular weight excluding hydrogens is 296 g/mol. The number of nitrogens with one attached hydrogen (secondary N) is 1. The Kier molecular flexibility index (Phi) is 5.90. The van der Waals surface area contributed by atoms with Crippen molar-refractivity contribution in [3.8, 4) is 0 Å². The number of aromatic nitrogens is 2. The van der Waals surface area contributed by atoms with Gasteiger partial charge < -0.3 is 24.9 Å². The lowest BCUT2D eigenvalue weighted by atomic mass is 10.3. The summed E-state index contributed by atoms with van der Waals surface area (Å²) in [7, 11) is 1.63. The Morgan fingerprint density at radius 1 is 1.43 bits per heavy atom. The van der Waals surface area contributed by atoms with Gasteiger partial charge >= 0.3 is 5.82 Å². The van der Waals surface area contributed by atoms with Crippen molar-refractivity contribution in [2.24, 2.45) is 0 Å². The normalized spacial score (nSPS) is 11.1. The number of nitro groups is 1. The lowest BCUT2D eigenvalue weighted by Crippen LogP contribution is -2.07. The van der Waals surface area contributed by atoms with Gasteiger partial charge in [-0.1, -0.05) is 11.3 Å². The number of unbranched alkanes of at least 4 members (excludes halogenated alkanes) is 1. The third-order valence-electron chi connectivity index (χ3n) is 2.85. The summed E-state index contributed by atoms with van der Waals surface area (Å²) < 4.78 is 11.7. The van der Waals surface area contributed by atoms with Crippen LogP contribution in [0.5, 0.6) is 0 Å². The van der Waals surface area contributed by atoms with E-state index in [0.717, 1.165) is 12.8 Å². The topological polar surface area (TPSA) is 90.9 Å². The van der Waals surface area contributed by atoms with Crippen molar-refractivity contribution in [1.82, 2.24) is 9.38 Å². The van der Waals surface area contributed by atoms with Gasteiger partial charge in [0.15, 0.2) is 0 Å². The Labute approximate surface area is 125 Å². The van der Waals surface area contributed by atoms with Gasteiger partial charge in [-0.05, 0) is 17.8 Å². The van der Waals surface area contributed by atoms with Crippen molar-refractivity contribution in [2.75, 3.05) is 38.8 Å². The van der Waals surface area contributed by atoms with Crippen molar-refractivity contribution in [3.05, 3.63) is 21.7 Å². The first-order valence-electron chi connectivity index (χ1n) is 6.64. The van der Waals surface area contributed by atoms with Crippen molar-refractivity contribution in [2.45, 2.75) is 12.8 Å². The van der Waals surface area contributed by atoms with Gasteiger partial charge in [0, 0.05) is 25.6 Å². The highest BCUT2D eigenvalue weighted by Crippen LogP contribution is 2.27. The Hall–Kier alpha value is -1.71. The average molecular weight is 314 g/mol. The fraction of sp³-hybridized carbons (Fsp3) is 0.583. The molecule has 0 unspecified atom stereocenters. The van der Waals surface area contributed by atoms with Gasteiger partial charge in [0.05, 0.1) is 13.2 Å². The molecule has 2 aromatic heterocycles. The van der Waals surface area contributed by atoms with Crippen molar-refractivity contribution in [3.63, 3.8) is 0 Å². The van der Waals surface area contributed by atoms with E-state index in [0.29, 0.717) is 37.1 Å². The Balaban J connectivity index is 1.77. The number of imidazole rings is 1. The Morgan fingerprint density at radius 2 is 2.29 bits per heavy atom. The van der Waals surface area contributed by atoms with Gasteiger partial charge in [-0.2, -0.15) is 9.38 Å². The van der Waals surface area contributed by atoms with Crippen LogP contribution in [0.3, 0.4) is 0 Å². The molecule has 0 atom stereocenters. The van der Waals surface area contributed by atoms with Gasteiger partial charge in [-0.3, -0.25) is 0 Å². The molecule has 2 aromatic rings. The summed E-state index contributed by atoms with van der Waals surface area (Å²) in [5, 5.41) is 15.9. The highest BCUT2D eigenvalue weighted by Gasteiger charge is 2.22. The van der Waals surface area contributed by atoms with Gasteiger partial charge in [0.2, 0.25) is 5.82 Å². The van der Waals surface area contributed by atoms with Crippen LogP contribution in [0, 0.1) is 10.1 Å². The van der Waals surface area contributed by atoms with Crippen LogP contribution in [0.1, 0.15) is 12.8 Å². The highest BCUT2D eigenvalue weighted by atomic mass is 32.1. The number of methoxy groups -OCH3 is 1. The fourth-order valence-electron chi connectivity index (χ4n) is 1.85. The number of thiazole rings is 1. The van der Waals surface area contributed by atoms with Crippen molar-refractivity contribution in [1.29, 1.82) is 0 Å². The number of rotatable bonds is 10. The first-order chi connectivity index (χ1) is 10.2. The largest absolute Gasteiger partial charge is 0.382 e. The minimum Gasteiger partial charge on any atom is -0.382 e. The molecule has 116 valence electrons. The first-order valence-corrected chi connectivity index (χ1v) is 7.52. The minimum absolute atomic E-state index is 0.0115. The lowest BCUT2D eigenvalue weighted by Gasteiger charge is -2.05. The third-order valence-corrected chi connectivity index (χ3v) is 3.61. The Bertz CT molecular complexity index is 583. The molecular formula is C12H18N4O4S. The standard InChI is InChI=1S/C12H18N4O4S/c1-19-7-8-20-6-3-2-4-13-10-11(16(17)18)15-5-9-21-12(15)14-10/h5,9,13H,2-4,6-8H2,1H3. The second-order valence-electron chi connectivity index (χ2n) is 4.34. The summed E-state index contributed by atoms with van der Waals surface area (Å²) in [6.07, 6.45) is 3.39. The quantitative estimate of drug-likeness (QED) is 0.410. The second kappa shape index (κ2) is 7.91. The average Bonchev–Trinajstić information content (AvgIpc) is 3.01. The van der Waals surface area contributed by atoms with Crippen LogP contribution < -0.4 is 5.32 Å². The molecule has 0 radical (unpaired) electrons. The van der Waals surface area contributed by atoms with Crippen LogP contribution in [-0.2, 0) is 9.47 Å². The van der Waals surface area contributed by atoms with Gasteiger partial charge in [-0.15, -0.1) is 0 Å². The molecule has 21 heavy (non-hydrogen) atoms. The number of hydrogen-bond donors (Lipinski definition) is 1. The summed E-state index contributed by atoms with van der Waals surface area (Å²) in [5.74, 6) is 0.315. The third kappa shape index (κ3) is 4.13. The zero-order chi connectivity index (χ0) is 15.1. The molecule has 8 nitrogen and oxygen atoms in total. The van der Waals surface area contributed by atoms with E-state index in [1.165, 1.54) is 15.7 Å². The fourth-order valence-corrected chi connectivity index (χ4v) is 2.56. The van der Waals surface area contributed by atoms with Gasteiger partial charge in [-0.25, -0.2) is 0 Å². The van der Waals surface area contributed by atoms with Crippen LogP contribution in [-0.4, -0.2) is 47.8 Å². The van der Waals surface area contributed by atoms with E-state index in [4.69, 9.17) is 9.47 Å². The molecule has 0 amide bonds. The molecule has 0 aliphatic rings. The summed E-state index contributed by atoms with van der Waals surface area (Å²) in [6, 6.07) is 0. The van der Waals surface area contributed by atoms with E-state index in [2.05, 4.69) is 10.3 Å². The number of anilines is 1. The zero-order valence-electron chi connectivity index (χ0n) is 11.8. The predicted octanol–water partition coefficient (Wildman–Crippen LogP) is 2.16. The predicted molar refractivity (Wildman–Crippen MR) is 80.1 cm³/mol. The van der Waals surface area contributed by atoms with Crippen LogP contribution in [0.4, 0.5) is 11.6 Å². The number of ether oxygens (including phenoxy) is 2. The SMILES string of the molecule is COCCOCCCCNc1nc2sccn2c1[N+](=O)[O-]. The molecule has 0 saturated carbocycles. The maximum absolute atomic E-state index is 11.1. The molecule has 0 fully saturated rings. The van der Waals surface area contributed by atoms with Gasteiger partial charge in [0.25, 0.3) is 4.96 Å². The molecule has 2 heterocycles. The van der Waals surface area contributed by atoms with Crippen LogP contribution >= 0.6 is 11.3 Å². The monoisotopic (exact) mass is 314 g/mol. The molecule has 2 rings (SSSR count). The molecule has 0 saturated heterocycles. The smallest absolute Gasteiger partial charge is 0.372 e. The molecule has 0 aliphatic heterocycles. The number of nitrogens with zero attached hydrogens (tertiary/aromatic N) is 3. The molecule has 9 heteroatoms. The summed E-state index contributed by atoms with van der Waals surface area (Å²) in [5.41, 5.74) is 0. The molecule has 0 aromatic carbocycles. The van der Waals surface area contributed by atoms with Crippen molar-refractivity contribution >= 4 is 27.9 Å². The van der Waals surface area contributed by atoms with E-state index < -0.39 is 4.92 Å². The molecule has 0 spiro atoms. The van der Waals surface area contributed by atoms with E-state index in [-0.39, 0.29) is 5.82 Å². The molecule has 0 aliphatic carbocycles. The summed E-state index contributed by atoms with van der Waals surface area (Å²) in [4.78, 5) is 15.5. The number of fused-ring (bicyclic) bond motifs is 1. The van der Waals surface area contributed by atoms with Crippen molar-refractivity contribution < 1.29 is 14.4 Å². The van der Waals surface area contributed by atoms with Crippen LogP contribution in [0.2, 0.25) is 0 Å². The van der Waals surface area contributed by atoms with E-state index in [1.807, 2.05) is 0 Å². The summed E-state index contributed by atoms with van der Waals surface area (Å²) >= 11 is 1.37. The first kappa shape index (κ1) is 15.7. The number of hydrogen-bond acceptors (Lipinski definition) is 7.